The summed E-state index contributed by atoms with van der Waals surface area (Å²) in [5.74, 6) is 1.57. The Kier molecular flexibility index (Phi) is 5.31. The molecule has 20 heavy (non-hydrogen) atoms. The zero-order chi connectivity index (χ0) is 14.5. The van der Waals surface area contributed by atoms with Gasteiger partial charge in [-0.15, -0.1) is 0 Å². The van der Waals surface area contributed by atoms with Gasteiger partial charge in [-0.05, 0) is 54.7 Å². The van der Waals surface area contributed by atoms with Crippen molar-refractivity contribution in [2.45, 2.75) is 19.3 Å². The first-order valence-corrected chi connectivity index (χ1v) is 7.60. The van der Waals surface area contributed by atoms with E-state index >= 15 is 0 Å². The maximum absolute atomic E-state index is 10.7. The number of aromatic nitrogens is 1. The Hall–Kier alpha value is -1.21. The van der Waals surface area contributed by atoms with Crippen LogP contribution in [-0.4, -0.2) is 36.6 Å². The predicted octanol–water partition coefficient (Wildman–Crippen LogP) is 2.58. The van der Waals surface area contributed by atoms with Crippen LogP contribution >= 0.6 is 15.9 Å². The molecule has 2 rings (SSSR count). The third-order valence-corrected chi connectivity index (χ3v) is 4.32. The van der Waals surface area contributed by atoms with Crippen molar-refractivity contribution in [2.75, 3.05) is 31.6 Å². The Balaban J connectivity index is 1.98. The van der Waals surface area contributed by atoms with Crippen LogP contribution in [0, 0.1) is 16.0 Å². The van der Waals surface area contributed by atoms with Crippen molar-refractivity contribution < 1.29 is 4.92 Å². The van der Waals surface area contributed by atoms with Crippen LogP contribution in [-0.2, 0) is 0 Å². The lowest BCUT2D eigenvalue weighted by atomic mass is 9.93. The Morgan fingerprint density at radius 1 is 1.55 bits per heavy atom. The normalized spacial score (nSPS) is 16.4. The van der Waals surface area contributed by atoms with E-state index in [4.69, 9.17) is 0 Å². The van der Waals surface area contributed by atoms with E-state index in [0.29, 0.717) is 4.47 Å². The molecule has 1 aromatic rings. The Bertz CT molecular complexity index is 475. The molecule has 2 heterocycles. The highest BCUT2D eigenvalue weighted by Gasteiger charge is 2.22. The van der Waals surface area contributed by atoms with E-state index in [1.54, 1.807) is 0 Å². The van der Waals surface area contributed by atoms with Crippen LogP contribution in [0.25, 0.3) is 0 Å². The molecule has 1 N–H and O–H groups in total. The highest BCUT2D eigenvalue weighted by molar-refractivity contribution is 9.10. The molecule has 0 amide bonds. The second-order valence-corrected chi connectivity index (χ2v) is 5.93. The van der Waals surface area contributed by atoms with Crippen LogP contribution in [0.3, 0.4) is 0 Å². The fourth-order valence-electron chi connectivity index (χ4n) is 2.54. The molecule has 110 valence electrons. The number of nitrogens with zero attached hydrogens (tertiary/aromatic N) is 3. The minimum absolute atomic E-state index is 0.0181. The quantitative estimate of drug-likeness (QED) is 0.657. The van der Waals surface area contributed by atoms with E-state index < -0.39 is 4.92 Å². The molecular formula is C13H19BrN4O2. The Morgan fingerprint density at radius 2 is 2.25 bits per heavy atom. The van der Waals surface area contributed by atoms with Crippen molar-refractivity contribution in [2.24, 2.45) is 5.92 Å². The average Bonchev–Trinajstić information content (AvgIpc) is 2.45. The number of anilines is 1. The van der Waals surface area contributed by atoms with E-state index in [2.05, 4.69) is 31.1 Å². The zero-order valence-electron chi connectivity index (χ0n) is 11.5. The van der Waals surface area contributed by atoms with E-state index in [0.717, 1.165) is 44.2 Å². The van der Waals surface area contributed by atoms with E-state index in [1.807, 2.05) is 7.05 Å². The van der Waals surface area contributed by atoms with Crippen LogP contribution < -0.4 is 10.2 Å². The number of rotatable bonds is 5. The zero-order valence-corrected chi connectivity index (χ0v) is 13.1. The van der Waals surface area contributed by atoms with Gasteiger partial charge in [0.2, 0.25) is 0 Å². The first-order valence-electron chi connectivity index (χ1n) is 6.81. The highest BCUT2D eigenvalue weighted by Crippen LogP contribution is 2.31. The van der Waals surface area contributed by atoms with Crippen LogP contribution in [0.15, 0.2) is 16.7 Å². The van der Waals surface area contributed by atoms with Gasteiger partial charge < -0.3 is 10.2 Å². The number of pyridine rings is 1. The van der Waals surface area contributed by atoms with Gasteiger partial charge in [0.1, 0.15) is 12.0 Å². The van der Waals surface area contributed by atoms with Crippen molar-refractivity contribution in [1.82, 2.24) is 10.3 Å². The molecular weight excluding hydrogens is 324 g/mol. The number of nitrogens with one attached hydrogen (secondary N) is 1. The largest absolute Gasteiger partial charge is 0.356 e. The van der Waals surface area contributed by atoms with Gasteiger partial charge in [0.05, 0.1) is 9.40 Å². The van der Waals surface area contributed by atoms with Crippen molar-refractivity contribution in [3.63, 3.8) is 0 Å². The maximum Gasteiger partial charge on any atom is 0.288 e. The molecule has 0 aliphatic carbocycles. The summed E-state index contributed by atoms with van der Waals surface area (Å²) in [5, 5.41) is 13.9. The molecule has 1 aliphatic heterocycles. The first-order chi connectivity index (χ1) is 9.61. The second-order valence-electron chi connectivity index (χ2n) is 5.08. The molecule has 0 atom stereocenters. The third kappa shape index (κ3) is 3.67. The van der Waals surface area contributed by atoms with Gasteiger partial charge in [0, 0.05) is 19.2 Å². The predicted molar refractivity (Wildman–Crippen MR) is 82.1 cm³/mol. The summed E-state index contributed by atoms with van der Waals surface area (Å²) >= 11 is 3.39. The van der Waals surface area contributed by atoms with Crippen LogP contribution in [0.1, 0.15) is 19.3 Å². The molecule has 0 saturated carbocycles. The monoisotopic (exact) mass is 342 g/mol. The Labute approximate surface area is 126 Å². The fourth-order valence-corrected chi connectivity index (χ4v) is 3.12. The smallest absolute Gasteiger partial charge is 0.288 e. The van der Waals surface area contributed by atoms with Gasteiger partial charge in [-0.25, -0.2) is 4.98 Å². The van der Waals surface area contributed by atoms with Crippen molar-refractivity contribution in [1.29, 1.82) is 0 Å². The van der Waals surface area contributed by atoms with Crippen molar-refractivity contribution in [3.05, 3.63) is 26.9 Å². The summed E-state index contributed by atoms with van der Waals surface area (Å²) in [6.45, 7) is 2.97. The molecule has 0 spiro atoms. The number of halogens is 1. The standard InChI is InChI=1S/C13H19BrN4O2/c1-15-5-2-10-3-6-17(7-4-10)13-12(14)8-11(9-16-13)18(19)20/h8-10,15H,2-7H2,1H3. The van der Waals surface area contributed by atoms with E-state index in [9.17, 15) is 10.1 Å². The van der Waals surface area contributed by atoms with Gasteiger partial charge in [-0.3, -0.25) is 10.1 Å². The molecule has 1 aromatic heterocycles. The molecule has 1 fully saturated rings. The minimum Gasteiger partial charge on any atom is -0.356 e. The van der Waals surface area contributed by atoms with Gasteiger partial charge in [0.25, 0.3) is 5.69 Å². The molecule has 6 nitrogen and oxygen atoms in total. The lowest BCUT2D eigenvalue weighted by molar-refractivity contribution is -0.385. The minimum atomic E-state index is -0.425. The lowest BCUT2D eigenvalue weighted by Gasteiger charge is -2.33. The lowest BCUT2D eigenvalue weighted by Crippen LogP contribution is -2.35. The van der Waals surface area contributed by atoms with Gasteiger partial charge >= 0.3 is 0 Å². The summed E-state index contributed by atoms with van der Waals surface area (Å²) in [5.41, 5.74) is 0.0181. The van der Waals surface area contributed by atoms with Gasteiger partial charge in [0.15, 0.2) is 0 Å². The number of nitro groups is 1. The molecule has 0 unspecified atom stereocenters. The molecule has 7 heteroatoms. The number of hydrogen-bond donors (Lipinski definition) is 1. The molecule has 0 aromatic carbocycles. The first kappa shape index (κ1) is 15.2. The van der Waals surface area contributed by atoms with E-state index in [1.165, 1.54) is 18.7 Å². The summed E-state index contributed by atoms with van der Waals surface area (Å²) in [6.07, 6.45) is 4.83. The summed E-state index contributed by atoms with van der Waals surface area (Å²) in [4.78, 5) is 16.7. The SMILES string of the molecule is CNCCC1CCN(c2ncc([N+](=O)[O-])cc2Br)CC1. The van der Waals surface area contributed by atoms with Gasteiger partial charge in [-0.1, -0.05) is 0 Å². The molecule has 0 radical (unpaired) electrons. The molecule has 1 saturated heterocycles. The van der Waals surface area contributed by atoms with Crippen molar-refractivity contribution in [3.8, 4) is 0 Å². The number of hydrogen-bond acceptors (Lipinski definition) is 5. The highest BCUT2D eigenvalue weighted by atomic mass is 79.9. The topological polar surface area (TPSA) is 71.3 Å². The second kappa shape index (κ2) is 6.99. The fraction of sp³-hybridized carbons (Fsp3) is 0.615. The third-order valence-electron chi connectivity index (χ3n) is 3.73. The van der Waals surface area contributed by atoms with Crippen LogP contribution in [0.5, 0.6) is 0 Å². The van der Waals surface area contributed by atoms with Crippen LogP contribution in [0.2, 0.25) is 0 Å². The van der Waals surface area contributed by atoms with Gasteiger partial charge in [-0.2, -0.15) is 0 Å². The average molecular weight is 343 g/mol. The summed E-state index contributed by atoms with van der Waals surface area (Å²) < 4.78 is 0.695. The Morgan fingerprint density at radius 3 is 2.80 bits per heavy atom. The number of piperidine rings is 1. The van der Waals surface area contributed by atoms with E-state index in [-0.39, 0.29) is 5.69 Å². The van der Waals surface area contributed by atoms with Crippen LogP contribution in [0.4, 0.5) is 11.5 Å². The summed E-state index contributed by atoms with van der Waals surface area (Å²) in [7, 11) is 1.98. The molecule has 1 aliphatic rings. The van der Waals surface area contributed by atoms with Crippen molar-refractivity contribution >= 4 is 27.4 Å². The molecule has 0 bridgehead atoms. The maximum atomic E-state index is 10.7. The summed E-state index contributed by atoms with van der Waals surface area (Å²) in [6, 6.07) is 1.52.